The molecule has 140 valence electrons. The zero-order valence-electron chi connectivity index (χ0n) is 14.0. The third-order valence-corrected chi connectivity index (χ3v) is 3.39. The number of hydrogen-bond donors (Lipinski definition) is 2. The lowest BCUT2D eigenvalue weighted by Crippen LogP contribution is -2.47. The van der Waals surface area contributed by atoms with Crippen LogP contribution < -0.4 is 10.6 Å². The fourth-order valence-corrected chi connectivity index (χ4v) is 2.01. The number of halogens is 4. The number of urea groups is 1. The first-order valence-electron chi connectivity index (χ1n) is 7.67. The van der Waals surface area contributed by atoms with Crippen LogP contribution in [-0.2, 0) is 11.2 Å². The molecule has 3 amide bonds. The van der Waals surface area contributed by atoms with Crippen LogP contribution in [0.15, 0.2) is 24.3 Å². The van der Waals surface area contributed by atoms with Crippen LogP contribution in [0.25, 0.3) is 0 Å². The van der Waals surface area contributed by atoms with E-state index in [9.17, 15) is 27.2 Å². The summed E-state index contributed by atoms with van der Waals surface area (Å²) >= 11 is 0. The fourth-order valence-electron chi connectivity index (χ4n) is 2.01. The van der Waals surface area contributed by atoms with E-state index in [4.69, 9.17) is 0 Å². The lowest BCUT2D eigenvalue weighted by atomic mass is 10.1. The molecule has 0 saturated carbocycles. The van der Waals surface area contributed by atoms with Crippen molar-refractivity contribution in [1.29, 1.82) is 0 Å². The second-order valence-corrected chi connectivity index (χ2v) is 5.73. The van der Waals surface area contributed by atoms with Crippen molar-refractivity contribution in [2.75, 3.05) is 20.1 Å². The Kier molecular flexibility index (Phi) is 7.66. The van der Waals surface area contributed by atoms with Gasteiger partial charge in [0.1, 0.15) is 18.9 Å². The van der Waals surface area contributed by atoms with Gasteiger partial charge in [-0.25, -0.2) is 9.18 Å². The van der Waals surface area contributed by atoms with Gasteiger partial charge in [-0.05, 0) is 31.4 Å². The Labute approximate surface area is 143 Å². The SMILES string of the molecule is CC(CCc1ccccc1F)NC(=O)N(C)CC(=O)NCC(F)(F)F. The number of amides is 3. The first-order chi connectivity index (χ1) is 11.6. The van der Waals surface area contributed by atoms with E-state index in [1.54, 1.807) is 30.4 Å². The summed E-state index contributed by atoms with van der Waals surface area (Å²) < 4.78 is 49.5. The quantitative estimate of drug-likeness (QED) is 0.731. The predicted octanol–water partition coefficient (Wildman–Crippen LogP) is 2.47. The number of nitrogens with zero attached hydrogens (tertiary/aromatic N) is 1. The minimum atomic E-state index is -4.50. The van der Waals surface area contributed by atoms with Gasteiger partial charge in [0, 0.05) is 13.1 Å². The van der Waals surface area contributed by atoms with Crippen molar-refractivity contribution in [3.63, 3.8) is 0 Å². The number of benzene rings is 1. The maximum absolute atomic E-state index is 13.5. The molecular weight excluding hydrogens is 342 g/mol. The highest BCUT2D eigenvalue weighted by atomic mass is 19.4. The van der Waals surface area contributed by atoms with E-state index >= 15 is 0 Å². The maximum Gasteiger partial charge on any atom is 0.405 e. The normalized spacial score (nSPS) is 12.4. The van der Waals surface area contributed by atoms with Crippen molar-refractivity contribution in [2.24, 2.45) is 0 Å². The summed E-state index contributed by atoms with van der Waals surface area (Å²) in [4.78, 5) is 24.2. The Hall–Kier alpha value is -2.32. The molecule has 0 saturated heterocycles. The van der Waals surface area contributed by atoms with Gasteiger partial charge < -0.3 is 15.5 Å². The van der Waals surface area contributed by atoms with Gasteiger partial charge in [-0.1, -0.05) is 18.2 Å². The molecule has 1 aromatic carbocycles. The Morgan fingerprint density at radius 2 is 1.88 bits per heavy atom. The van der Waals surface area contributed by atoms with E-state index < -0.39 is 31.2 Å². The second-order valence-electron chi connectivity index (χ2n) is 5.73. The molecular formula is C16H21F4N3O2. The first-order valence-corrected chi connectivity index (χ1v) is 7.67. The minimum Gasteiger partial charge on any atom is -0.345 e. The van der Waals surface area contributed by atoms with Gasteiger partial charge in [-0.2, -0.15) is 13.2 Å². The number of aryl methyl sites for hydroxylation is 1. The molecule has 2 N–H and O–H groups in total. The van der Waals surface area contributed by atoms with Crippen LogP contribution in [0.1, 0.15) is 18.9 Å². The van der Waals surface area contributed by atoms with Gasteiger partial charge in [0.05, 0.1) is 0 Å². The van der Waals surface area contributed by atoms with Crippen molar-refractivity contribution in [2.45, 2.75) is 32.0 Å². The van der Waals surface area contributed by atoms with E-state index in [2.05, 4.69) is 5.32 Å². The molecule has 0 aliphatic carbocycles. The first kappa shape index (κ1) is 20.7. The van der Waals surface area contributed by atoms with E-state index in [0.29, 0.717) is 18.4 Å². The molecule has 0 fully saturated rings. The van der Waals surface area contributed by atoms with E-state index in [0.717, 1.165) is 4.90 Å². The van der Waals surface area contributed by atoms with Crippen LogP contribution in [0.5, 0.6) is 0 Å². The van der Waals surface area contributed by atoms with Gasteiger partial charge in [0.25, 0.3) is 0 Å². The Balaban J connectivity index is 2.36. The largest absolute Gasteiger partial charge is 0.405 e. The lowest BCUT2D eigenvalue weighted by Gasteiger charge is -2.21. The van der Waals surface area contributed by atoms with Crippen molar-refractivity contribution < 1.29 is 27.2 Å². The number of nitrogens with one attached hydrogen (secondary N) is 2. The molecule has 0 heterocycles. The van der Waals surface area contributed by atoms with Gasteiger partial charge >= 0.3 is 12.2 Å². The highest BCUT2D eigenvalue weighted by molar-refractivity contribution is 5.83. The van der Waals surface area contributed by atoms with E-state index in [1.165, 1.54) is 13.1 Å². The molecule has 1 rings (SSSR count). The zero-order chi connectivity index (χ0) is 19.0. The Bertz CT molecular complexity index is 593. The number of alkyl halides is 3. The summed E-state index contributed by atoms with van der Waals surface area (Å²) in [5.74, 6) is -1.23. The van der Waals surface area contributed by atoms with Gasteiger partial charge in [0.15, 0.2) is 0 Å². The molecule has 0 aliphatic rings. The third kappa shape index (κ3) is 8.37. The fraction of sp³-hybridized carbons (Fsp3) is 0.500. The third-order valence-electron chi connectivity index (χ3n) is 3.39. The van der Waals surface area contributed by atoms with Crippen LogP contribution in [0.4, 0.5) is 22.4 Å². The van der Waals surface area contributed by atoms with Crippen molar-refractivity contribution in [3.8, 4) is 0 Å². The van der Waals surface area contributed by atoms with Crippen LogP contribution in [0.2, 0.25) is 0 Å². The van der Waals surface area contributed by atoms with Gasteiger partial charge in [0.2, 0.25) is 5.91 Å². The van der Waals surface area contributed by atoms with Gasteiger partial charge in [-0.15, -0.1) is 0 Å². The second kappa shape index (κ2) is 9.24. The summed E-state index contributed by atoms with van der Waals surface area (Å²) in [6, 6.07) is 5.42. The number of likely N-dealkylation sites (N-methyl/N-ethyl adjacent to an activating group) is 1. The van der Waals surface area contributed by atoms with Crippen molar-refractivity contribution in [3.05, 3.63) is 35.6 Å². The topological polar surface area (TPSA) is 61.4 Å². The summed E-state index contributed by atoms with van der Waals surface area (Å²) in [5.41, 5.74) is 0.531. The molecule has 9 heteroatoms. The van der Waals surface area contributed by atoms with Gasteiger partial charge in [-0.3, -0.25) is 4.79 Å². The zero-order valence-corrected chi connectivity index (χ0v) is 14.0. The number of rotatable bonds is 7. The summed E-state index contributed by atoms with van der Waals surface area (Å²) in [5, 5.41) is 4.30. The molecule has 1 atom stereocenters. The molecule has 0 aromatic heterocycles. The summed E-state index contributed by atoms with van der Waals surface area (Å²) in [7, 11) is 1.30. The molecule has 0 bridgehead atoms. The highest BCUT2D eigenvalue weighted by Gasteiger charge is 2.28. The molecule has 5 nitrogen and oxygen atoms in total. The Morgan fingerprint density at radius 3 is 2.48 bits per heavy atom. The molecule has 0 aliphatic heterocycles. The molecule has 1 aromatic rings. The van der Waals surface area contributed by atoms with Crippen LogP contribution in [-0.4, -0.2) is 49.2 Å². The highest BCUT2D eigenvalue weighted by Crippen LogP contribution is 2.12. The molecule has 0 spiro atoms. The van der Waals surface area contributed by atoms with E-state index in [1.807, 2.05) is 0 Å². The maximum atomic E-state index is 13.5. The predicted molar refractivity (Wildman–Crippen MR) is 84.4 cm³/mol. The summed E-state index contributed by atoms with van der Waals surface area (Å²) in [6.45, 7) is -0.224. The monoisotopic (exact) mass is 363 g/mol. The number of carbonyl (C=O) groups is 2. The van der Waals surface area contributed by atoms with Crippen molar-refractivity contribution >= 4 is 11.9 Å². The Morgan fingerprint density at radius 1 is 1.24 bits per heavy atom. The molecule has 1 unspecified atom stereocenters. The molecule has 25 heavy (non-hydrogen) atoms. The van der Waals surface area contributed by atoms with E-state index in [-0.39, 0.29) is 11.9 Å². The number of carbonyl (C=O) groups excluding carboxylic acids is 2. The smallest absolute Gasteiger partial charge is 0.345 e. The number of hydrogen-bond acceptors (Lipinski definition) is 2. The van der Waals surface area contributed by atoms with Crippen LogP contribution >= 0.6 is 0 Å². The van der Waals surface area contributed by atoms with Crippen molar-refractivity contribution in [1.82, 2.24) is 15.5 Å². The minimum absolute atomic E-state index is 0.298. The summed E-state index contributed by atoms with van der Waals surface area (Å²) in [6.07, 6.45) is -3.61. The average Bonchev–Trinajstić information content (AvgIpc) is 2.51. The lowest BCUT2D eigenvalue weighted by molar-refractivity contribution is -0.138. The standard InChI is InChI=1S/C16H21F4N3O2/c1-11(7-8-12-5-3-4-6-13(12)17)22-15(25)23(2)9-14(24)21-10-16(18,19)20/h3-6,11H,7-10H2,1-2H3,(H,21,24)(H,22,25). The molecule has 0 radical (unpaired) electrons. The van der Waals surface area contributed by atoms with Crippen LogP contribution in [0.3, 0.4) is 0 Å². The average molecular weight is 363 g/mol. The van der Waals surface area contributed by atoms with Crippen LogP contribution in [0, 0.1) is 5.82 Å².